The Balaban J connectivity index is 1.78. The van der Waals surface area contributed by atoms with Crippen molar-refractivity contribution in [2.24, 2.45) is 5.41 Å². The van der Waals surface area contributed by atoms with E-state index in [0.717, 1.165) is 22.4 Å². The van der Waals surface area contributed by atoms with Crippen LogP contribution < -0.4 is 10.1 Å². The van der Waals surface area contributed by atoms with E-state index >= 15 is 0 Å². The smallest absolute Gasteiger partial charge is 0.316 e. The Morgan fingerprint density at radius 2 is 1.71 bits per heavy atom. The number of carbonyl (C=O) groups excluding carboxylic acids is 1. The summed E-state index contributed by atoms with van der Waals surface area (Å²) in [6.45, 7) is 5.47. The van der Waals surface area contributed by atoms with Gasteiger partial charge in [-0.1, -0.05) is 12.1 Å². The summed E-state index contributed by atoms with van der Waals surface area (Å²) < 4.78 is 5.36. The van der Waals surface area contributed by atoms with Gasteiger partial charge in [0.05, 0.1) is 10.9 Å². The van der Waals surface area contributed by atoms with Gasteiger partial charge in [0, 0.05) is 11.1 Å². The molecule has 3 rings (SSSR count). The number of para-hydroxylation sites is 1. The zero-order valence-corrected chi connectivity index (χ0v) is 13.9. The summed E-state index contributed by atoms with van der Waals surface area (Å²) in [5, 5.41) is 4.21. The SMILES string of the molecule is CC(C)(C)C(=O)Oc1ccc(Nc2ncnc3ccccc23)cc1. The van der Waals surface area contributed by atoms with Crippen LogP contribution in [0.5, 0.6) is 5.75 Å². The minimum Gasteiger partial charge on any atom is -0.426 e. The lowest BCUT2D eigenvalue weighted by molar-refractivity contribution is -0.142. The fourth-order valence-electron chi connectivity index (χ4n) is 2.11. The van der Waals surface area contributed by atoms with Crippen molar-refractivity contribution >= 4 is 28.4 Å². The van der Waals surface area contributed by atoms with Crippen LogP contribution in [0.4, 0.5) is 11.5 Å². The summed E-state index contributed by atoms with van der Waals surface area (Å²) in [6, 6.07) is 15.0. The predicted molar refractivity (Wildman–Crippen MR) is 94.4 cm³/mol. The molecule has 0 aliphatic heterocycles. The average molecular weight is 321 g/mol. The first-order valence-electron chi connectivity index (χ1n) is 7.72. The first-order valence-corrected chi connectivity index (χ1v) is 7.72. The zero-order valence-electron chi connectivity index (χ0n) is 13.9. The van der Waals surface area contributed by atoms with Gasteiger partial charge in [0.15, 0.2) is 0 Å². The molecule has 0 saturated carbocycles. The first kappa shape index (κ1) is 15.9. The monoisotopic (exact) mass is 321 g/mol. The van der Waals surface area contributed by atoms with E-state index in [0.29, 0.717) is 5.75 Å². The zero-order chi connectivity index (χ0) is 17.2. The highest BCUT2D eigenvalue weighted by Crippen LogP contribution is 2.25. The van der Waals surface area contributed by atoms with Crippen molar-refractivity contribution in [1.29, 1.82) is 0 Å². The van der Waals surface area contributed by atoms with Gasteiger partial charge in [0.2, 0.25) is 0 Å². The van der Waals surface area contributed by atoms with Gasteiger partial charge in [-0.05, 0) is 57.2 Å². The molecule has 1 N–H and O–H groups in total. The average Bonchev–Trinajstić information content (AvgIpc) is 2.56. The first-order chi connectivity index (χ1) is 11.4. The summed E-state index contributed by atoms with van der Waals surface area (Å²) in [6.07, 6.45) is 1.53. The molecule has 5 heteroatoms. The lowest BCUT2D eigenvalue weighted by Gasteiger charge is -2.16. The van der Waals surface area contributed by atoms with Gasteiger partial charge >= 0.3 is 5.97 Å². The number of carbonyl (C=O) groups is 1. The van der Waals surface area contributed by atoms with Crippen LogP contribution in [0.25, 0.3) is 10.9 Å². The van der Waals surface area contributed by atoms with Gasteiger partial charge in [-0.3, -0.25) is 4.79 Å². The van der Waals surface area contributed by atoms with E-state index in [1.165, 1.54) is 6.33 Å². The van der Waals surface area contributed by atoms with Crippen LogP contribution in [0, 0.1) is 5.41 Å². The maximum absolute atomic E-state index is 11.9. The Bertz CT molecular complexity index is 862. The molecule has 0 atom stereocenters. The van der Waals surface area contributed by atoms with Gasteiger partial charge in [-0.15, -0.1) is 0 Å². The van der Waals surface area contributed by atoms with E-state index in [2.05, 4.69) is 15.3 Å². The second kappa shape index (κ2) is 6.28. The third kappa shape index (κ3) is 3.51. The molecule has 24 heavy (non-hydrogen) atoms. The molecule has 0 unspecified atom stereocenters. The van der Waals surface area contributed by atoms with E-state index < -0.39 is 5.41 Å². The minimum absolute atomic E-state index is 0.259. The molecule has 0 spiro atoms. The molecule has 0 saturated heterocycles. The number of anilines is 2. The van der Waals surface area contributed by atoms with Crippen molar-refractivity contribution in [3.8, 4) is 5.75 Å². The third-order valence-corrected chi connectivity index (χ3v) is 3.48. The molecule has 1 heterocycles. The predicted octanol–water partition coefficient (Wildman–Crippen LogP) is 4.32. The van der Waals surface area contributed by atoms with Crippen molar-refractivity contribution in [2.45, 2.75) is 20.8 Å². The van der Waals surface area contributed by atoms with Gasteiger partial charge in [0.1, 0.15) is 17.9 Å². The van der Waals surface area contributed by atoms with Gasteiger partial charge in [-0.2, -0.15) is 0 Å². The fourth-order valence-corrected chi connectivity index (χ4v) is 2.11. The minimum atomic E-state index is -0.531. The van der Waals surface area contributed by atoms with E-state index in [-0.39, 0.29) is 5.97 Å². The van der Waals surface area contributed by atoms with Gasteiger partial charge < -0.3 is 10.1 Å². The number of benzene rings is 2. The molecule has 0 fully saturated rings. The number of nitrogens with one attached hydrogen (secondary N) is 1. The van der Waals surface area contributed by atoms with Crippen LogP contribution in [-0.2, 0) is 4.79 Å². The number of rotatable bonds is 3. The third-order valence-electron chi connectivity index (χ3n) is 3.48. The Morgan fingerprint density at radius 1 is 1.00 bits per heavy atom. The Morgan fingerprint density at radius 3 is 2.42 bits per heavy atom. The molecule has 0 bridgehead atoms. The number of aromatic nitrogens is 2. The standard InChI is InChI=1S/C19H19N3O2/c1-19(2,3)18(23)24-14-10-8-13(9-11-14)22-17-15-6-4-5-7-16(15)20-12-21-17/h4-12H,1-3H3,(H,20,21,22). The lowest BCUT2D eigenvalue weighted by atomic mass is 9.97. The van der Waals surface area contributed by atoms with E-state index in [1.54, 1.807) is 12.1 Å². The molecule has 1 aromatic heterocycles. The summed E-state index contributed by atoms with van der Waals surface area (Å²) in [4.78, 5) is 20.4. The lowest BCUT2D eigenvalue weighted by Crippen LogP contribution is -2.25. The molecule has 0 aliphatic carbocycles. The van der Waals surface area contributed by atoms with Crippen molar-refractivity contribution in [3.63, 3.8) is 0 Å². The van der Waals surface area contributed by atoms with Crippen LogP contribution in [0.3, 0.4) is 0 Å². The molecule has 5 nitrogen and oxygen atoms in total. The Kier molecular flexibility index (Phi) is 4.16. The summed E-state index contributed by atoms with van der Waals surface area (Å²) in [5.74, 6) is 0.998. The molecule has 0 aliphatic rings. The Hall–Kier alpha value is -2.95. The maximum Gasteiger partial charge on any atom is 0.316 e. The summed E-state index contributed by atoms with van der Waals surface area (Å²) in [5.41, 5.74) is 1.21. The van der Waals surface area contributed by atoms with Crippen molar-refractivity contribution in [1.82, 2.24) is 9.97 Å². The normalized spacial score (nSPS) is 11.3. The largest absolute Gasteiger partial charge is 0.426 e. The van der Waals surface area contributed by atoms with Crippen molar-refractivity contribution in [3.05, 3.63) is 54.9 Å². The van der Waals surface area contributed by atoms with Crippen LogP contribution in [0.1, 0.15) is 20.8 Å². The Labute approximate surface area is 140 Å². The van der Waals surface area contributed by atoms with Gasteiger partial charge in [0.25, 0.3) is 0 Å². The number of ether oxygens (including phenoxy) is 1. The van der Waals surface area contributed by atoms with E-state index in [9.17, 15) is 4.79 Å². The molecule has 0 amide bonds. The molecular formula is C19H19N3O2. The highest BCUT2D eigenvalue weighted by Gasteiger charge is 2.23. The molecule has 3 aromatic rings. The fraction of sp³-hybridized carbons (Fsp3) is 0.211. The van der Waals surface area contributed by atoms with Crippen LogP contribution >= 0.6 is 0 Å². The molecule has 0 radical (unpaired) electrons. The second-order valence-electron chi connectivity index (χ2n) is 6.53. The van der Waals surface area contributed by atoms with E-state index in [4.69, 9.17) is 4.74 Å². The highest BCUT2D eigenvalue weighted by atomic mass is 16.5. The van der Waals surface area contributed by atoms with Gasteiger partial charge in [-0.25, -0.2) is 9.97 Å². The summed E-state index contributed by atoms with van der Waals surface area (Å²) >= 11 is 0. The molecular weight excluding hydrogens is 302 g/mol. The molecule has 122 valence electrons. The van der Waals surface area contributed by atoms with Crippen molar-refractivity contribution < 1.29 is 9.53 Å². The number of fused-ring (bicyclic) bond motifs is 1. The van der Waals surface area contributed by atoms with Crippen LogP contribution in [0.15, 0.2) is 54.9 Å². The maximum atomic E-state index is 11.9. The second-order valence-corrected chi connectivity index (χ2v) is 6.53. The van der Waals surface area contributed by atoms with E-state index in [1.807, 2.05) is 57.2 Å². The quantitative estimate of drug-likeness (QED) is 0.575. The van der Waals surface area contributed by atoms with Crippen LogP contribution in [-0.4, -0.2) is 15.9 Å². The highest BCUT2D eigenvalue weighted by molar-refractivity contribution is 5.90. The number of hydrogen-bond acceptors (Lipinski definition) is 5. The number of nitrogens with zero attached hydrogens (tertiary/aromatic N) is 2. The number of hydrogen-bond donors (Lipinski definition) is 1. The summed E-state index contributed by atoms with van der Waals surface area (Å²) in [7, 11) is 0. The van der Waals surface area contributed by atoms with Crippen LogP contribution in [0.2, 0.25) is 0 Å². The molecule has 2 aromatic carbocycles. The van der Waals surface area contributed by atoms with Crippen molar-refractivity contribution in [2.75, 3.05) is 5.32 Å². The topological polar surface area (TPSA) is 64.1 Å². The number of esters is 1.